The summed E-state index contributed by atoms with van der Waals surface area (Å²) in [7, 11) is 0. The van der Waals surface area contributed by atoms with Crippen LogP contribution in [0.5, 0.6) is 0 Å². The molecular formula is C56H39N. The van der Waals surface area contributed by atoms with Gasteiger partial charge in [0.1, 0.15) is 0 Å². The smallest absolute Gasteiger partial charge is 0.0540 e. The van der Waals surface area contributed by atoms with Crippen molar-refractivity contribution in [1.82, 2.24) is 0 Å². The quantitative estimate of drug-likeness (QED) is 0.151. The van der Waals surface area contributed by atoms with Gasteiger partial charge in [0, 0.05) is 16.8 Å². The van der Waals surface area contributed by atoms with Gasteiger partial charge in [0.15, 0.2) is 0 Å². The Hall–Kier alpha value is -7.48. The fourth-order valence-corrected chi connectivity index (χ4v) is 8.23. The molecule has 0 aromatic heterocycles. The Labute approximate surface area is 334 Å². The van der Waals surface area contributed by atoms with Gasteiger partial charge < -0.3 is 4.90 Å². The van der Waals surface area contributed by atoms with Crippen molar-refractivity contribution in [3.05, 3.63) is 237 Å². The molecule has 1 nitrogen and oxygen atoms in total. The van der Waals surface area contributed by atoms with E-state index in [9.17, 15) is 0 Å². The summed E-state index contributed by atoms with van der Waals surface area (Å²) in [6.07, 6.45) is 0. The van der Waals surface area contributed by atoms with Gasteiger partial charge in [0.05, 0.1) is 5.69 Å². The maximum atomic E-state index is 2.39. The Balaban J connectivity index is 1.03. The van der Waals surface area contributed by atoms with Crippen molar-refractivity contribution in [3.63, 3.8) is 0 Å². The van der Waals surface area contributed by atoms with Crippen LogP contribution in [0.3, 0.4) is 0 Å². The Morgan fingerprint density at radius 3 is 1.35 bits per heavy atom. The summed E-state index contributed by atoms with van der Waals surface area (Å²) >= 11 is 0. The lowest BCUT2D eigenvalue weighted by atomic mass is 9.91. The minimum Gasteiger partial charge on any atom is -0.310 e. The number of nitrogens with zero attached hydrogens (tertiary/aromatic N) is 1. The average molecular weight is 726 g/mol. The fourth-order valence-electron chi connectivity index (χ4n) is 8.23. The Morgan fingerprint density at radius 1 is 0.228 bits per heavy atom. The molecule has 10 aromatic carbocycles. The predicted molar refractivity (Wildman–Crippen MR) is 243 cm³/mol. The number of anilines is 3. The van der Waals surface area contributed by atoms with Crippen LogP contribution < -0.4 is 4.90 Å². The van der Waals surface area contributed by atoms with Crippen LogP contribution in [0.4, 0.5) is 17.1 Å². The van der Waals surface area contributed by atoms with Gasteiger partial charge in [-0.3, -0.25) is 0 Å². The molecule has 0 fully saturated rings. The second-order valence-corrected chi connectivity index (χ2v) is 14.5. The molecule has 0 aliphatic heterocycles. The van der Waals surface area contributed by atoms with Gasteiger partial charge in [-0.15, -0.1) is 0 Å². The van der Waals surface area contributed by atoms with Gasteiger partial charge in [-0.25, -0.2) is 0 Å². The highest BCUT2D eigenvalue weighted by Gasteiger charge is 2.17. The average Bonchev–Trinajstić information content (AvgIpc) is 3.30. The van der Waals surface area contributed by atoms with E-state index >= 15 is 0 Å². The third kappa shape index (κ3) is 6.66. The highest BCUT2D eigenvalue weighted by molar-refractivity contribution is 6.00. The largest absolute Gasteiger partial charge is 0.310 e. The topological polar surface area (TPSA) is 3.24 Å². The number of rotatable bonds is 8. The van der Waals surface area contributed by atoms with E-state index in [0.717, 1.165) is 17.1 Å². The normalized spacial score (nSPS) is 11.2. The van der Waals surface area contributed by atoms with Crippen LogP contribution in [-0.2, 0) is 0 Å². The maximum absolute atomic E-state index is 2.39. The monoisotopic (exact) mass is 725 g/mol. The SMILES string of the molecule is c1ccc(-c2ccc(-c3ccc(N(c4ccc(-c5cccc(-c6cccc7ccccc67)c5)cc4)c4cccc5ccccc45)cc3)cc2-c2ccccc2)cc1. The van der Waals surface area contributed by atoms with Crippen LogP contribution in [-0.4, -0.2) is 0 Å². The van der Waals surface area contributed by atoms with Crippen LogP contribution in [0.1, 0.15) is 0 Å². The molecule has 57 heavy (non-hydrogen) atoms. The summed E-state index contributed by atoms with van der Waals surface area (Å²) < 4.78 is 0. The van der Waals surface area contributed by atoms with E-state index in [0.29, 0.717) is 0 Å². The second-order valence-electron chi connectivity index (χ2n) is 14.5. The van der Waals surface area contributed by atoms with Gasteiger partial charge in [-0.05, 0) is 114 Å². The summed E-state index contributed by atoms with van der Waals surface area (Å²) in [5, 5.41) is 4.94. The van der Waals surface area contributed by atoms with E-state index in [4.69, 9.17) is 0 Å². The summed E-state index contributed by atoms with van der Waals surface area (Å²) in [4.78, 5) is 2.39. The van der Waals surface area contributed by atoms with Gasteiger partial charge in [0.25, 0.3) is 0 Å². The first-order chi connectivity index (χ1) is 28.3. The third-order valence-corrected chi connectivity index (χ3v) is 11.1. The molecule has 0 atom stereocenters. The zero-order chi connectivity index (χ0) is 38.0. The summed E-state index contributed by atoms with van der Waals surface area (Å²) in [6, 6.07) is 85.6. The second kappa shape index (κ2) is 15.0. The van der Waals surface area contributed by atoms with Crippen molar-refractivity contribution < 1.29 is 0 Å². The molecule has 0 spiro atoms. The molecule has 1 heteroatoms. The molecule has 0 saturated heterocycles. The molecule has 0 saturated carbocycles. The van der Waals surface area contributed by atoms with Crippen LogP contribution in [0.25, 0.3) is 77.2 Å². The Bertz CT molecular complexity index is 2970. The molecule has 0 aliphatic carbocycles. The Kier molecular flexibility index (Phi) is 8.95. The maximum Gasteiger partial charge on any atom is 0.0540 e. The number of hydrogen-bond donors (Lipinski definition) is 0. The first-order valence-electron chi connectivity index (χ1n) is 19.6. The molecule has 0 heterocycles. The van der Waals surface area contributed by atoms with Gasteiger partial charge in [-0.2, -0.15) is 0 Å². The summed E-state index contributed by atoms with van der Waals surface area (Å²) in [6.45, 7) is 0. The molecule has 10 aromatic rings. The highest BCUT2D eigenvalue weighted by atomic mass is 15.1. The van der Waals surface area contributed by atoms with Crippen molar-refractivity contribution in [1.29, 1.82) is 0 Å². The fraction of sp³-hybridized carbons (Fsp3) is 0. The number of fused-ring (bicyclic) bond motifs is 2. The molecule has 0 bridgehead atoms. The first-order valence-corrected chi connectivity index (χ1v) is 19.6. The van der Waals surface area contributed by atoms with Crippen LogP contribution >= 0.6 is 0 Å². The lowest BCUT2D eigenvalue weighted by Crippen LogP contribution is -2.10. The lowest BCUT2D eigenvalue weighted by molar-refractivity contribution is 1.30. The van der Waals surface area contributed by atoms with E-state index in [1.807, 2.05) is 0 Å². The molecule has 0 radical (unpaired) electrons. The van der Waals surface area contributed by atoms with Gasteiger partial charge >= 0.3 is 0 Å². The van der Waals surface area contributed by atoms with Crippen LogP contribution in [0.2, 0.25) is 0 Å². The molecular weight excluding hydrogens is 687 g/mol. The molecule has 10 rings (SSSR count). The van der Waals surface area contributed by atoms with Crippen molar-refractivity contribution in [3.8, 4) is 55.6 Å². The summed E-state index contributed by atoms with van der Waals surface area (Å²) in [5.41, 5.74) is 15.4. The van der Waals surface area contributed by atoms with Crippen molar-refractivity contribution in [2.75, 3.05) is 4.90 Å². The zero-order valence-corrected chi connectivity index (χ0v) is 31.5. The minimum atomic E-state index is 1.10. The van der Waals surface area contributed by atoms with Crippen LogP contribution in [0, 0.1) is 0 Å². The van der Waals surface area contributed by atoms with Crippen molar-refractivity contribution in [2.45, 2.75) is 0 Å². The minimum absolute atomic E-state index is 1.10. The predicted octanol–water partition coefficient (Wildman–Crippen LogP) is 15.8. The van der Waals surface area contributed by atoms with E-state index in [2.05, 4.69) is 241 Å². The molecule has 0 N–H and O–H groups in total. The zero-order valence-electron chi connectivity index (χ0n) is 31.5. The van der Waals surface area contributed by atoms with E-state index < -0.39 is 0 Å². The third-order valence-electron chi connectivity index (χ3n) is 11.1. The standard InChI is InChI=1S/C56H39N/c1-3-14-42(15-4-1)53-37-32-47(39-55(53)45-16-5-2-6-17-45)41-30-35-50(36-31-41)57(56-27-13-21-44-19-8-10-25-54(44)56)49-33-28-40(29-34-49)46-22-11-23-48(38-46)52-26-12-20-43-18-7-9-24-51(43)52/h1-39H. The van der Waals surface area contributed by atoms with E-state index in [1.54, 1.807) is 0 Å². The van der Waals surface area contributed by atoms with Gasteiger partial charge in [0.2, 0.25) is 0 Å². The molecule has 268 valence electrons. The molecule has 0 amide bonds. The van der Waals surface area contributed by atoms with Crippen molar-refractivity contribution in [2.24, 2.45) is 0 Å². The van der Waals surface area contributed by atoms with Crippen LogP contribution in [0.15, 0.2) is 237 Å². The molecule has 0 unspecified atom stereocenters. The van der Waals surface area contributed by atoms with E-state index in [1.165, 1.54) is 77.2 Å². The number of hydrogen-bond acceptors (Lipinski definition) is 1. The highest BCUT2D eigenvalue weighted by Crippen LogP contribution is 2.42. The Morgan fingerprint density at radius 2 is 0.684 bits per heavy atom. The summed E-state index contributed by atoms with van der Waals surface area (Å²) in [5.74, 6) is 0. The van der Waals surface area contributed by atoms with E-state index in [-0.39, 0.29) is 0 Å². The molecule has 0 aliphatic rings. The first kappa shape index (κ1) is 34.0. The van der Waals surface area contributed by atoms with Gasteiger partial charge in [-0.1, -0.05) is 194 Å². The number of benzene rings is 10. The van der Waals surface area contributed by atoms with Crippen molar-refractivity contribution >= 4 is 38.6 Å². The lowest BCUT2D eigenvalue weighted by Gasteiger charge is -2.27.